The van der Waals surface area contributed by atoms with Gasteiger partial charge < -0.3 is 19.6 Å². The molecule has 2 rings (SSSR count). The van der Waals surface area contributed by atoms with Crippen molar-refractivity contribution in [1.82, 2.24) is 9.80 Å². The molecule has 0 radical (unpaired) electrons. The standard InChI is InChI=1S/C20H28N2O5/c1-16(23)22(15-20(25)26)17-7-5-12-21(13-11-17)19(24)10-6-14-27-18-8-3-2-4-9-18/h2-4,8-9,17H,5-7,10-15H2,1H3,(H,25,26)/t17-/m1/s1. The Morgan fingerprint density at radius 3 is 2.59 bits per heavy atom. The highest BCUT2D eigenvalue weighted by Gasteiger charge is 2.27. The summed E-state index contributed by atoms with van der Waals surface area (Å²) in [4.78, 5) is 38.4. The van der Waals surface area contributed by atoms with Crippen LogP contribution >= 0.6 is 0 Å². The summed E-state index contributed by atoms with van der Waals surface area (Å²) in [6, 6.07) is 9.37. The Morgan fingerprint density at radius 1 is 1.19 bits per heavy atom. The third-order valence-corrected chi connectivity index (χ3v) is 4.75. The van der Waals surface area contributed by atoms with Gasteiger partial charge in [-0.2, -0.15) is 0 Å². The van der Waals surface area contributed by atoms with Crippen molar-refractivity contribution in [2.24, 2.45) is 0 Å². The molecule has 1 fully saturated rings. The number of para-hydroxylation sites is 1. The molecule has 0 bridgehead atoms. The lowest BCUT2D eigenvalue weighted by atomic mass is 10.1. The van der Waals surface area contributed by atoms with Gasteiger partial charge in [-0.3, -0.25) is 14.4 Å². The second-order valence-corrected chi connectivity index (χ2v) is 6.77. The molecule has 0 unspecified atom stereocenters. The van der Waals surface area contributed by atoms with Gasteiger partial charge in [0.05, 0.1) is 6.61 Å². The van der Waals surface area contributed by atoms with Crippen molar-refractivity contribution in [1.29, 1.82) is 0 Å². The van der Waals surface area contributed by atoms with Gasteiger partial charge in [-0.1, -0.05) is 18.2 Å². The maximum absolute atomic E-state index is 12.4. The summed E-state index contributed by atoms with van der Waals surface area (Å²) in [5, 5.41) is 9.01. The van der Waals surface area contributed by atoms with Gasteiger partial charge in [0, 0.05) is 32.5 Å². The van der Waals surface area contributed by atoms with Crippen molar-refractivity contribution >= 4 is 17.8 Å². The lowest BCUT2D eigenvalue weighted by Gasteiger charge is -2.28. The predicted molar refractivity (Wildman–Crippen MR) is 100 cm³/mol. The Morgan fingerprint density at radius 2 is 1.93 bits per heavy atom. The first-order chi connectivity index (χ1) is 13.0. The van der Waals surface area contributed by atoms with E-state index in [0.29, 0.717) is 45.4 Å². The zero-order chi connectivity index (χ0) is 19.6. The summed E-state index contributed by atoms with van der Waals surface area (Å²) in [6.07, 6.45) is 3.16. The fraction of sp³-hybridized carbons (Fsp3) is 0.550. The number of carbonyl (C=O) groups excluding carboxylic acids is 2. The van der Waals surface area contributed by atoms with Gasteiger partial charge in [0.2, 0.25) is 11.8 Å². The van der Waals surface area contributed by atoms with Crippen molar-refractivity contribution in [2.45, 2.75) is 45.1 Å². The number of benzene rings is 1. The molecule has 1 aromatic carbocycles. The molecule has 7 heteroatoms. The fourth-order valence-corrected chi connectivity index (χ4v) is 3.37. The van der Waals surface area contributed by atoms with Crippen LogP contribution in [-0.4, -0.2) is 65.0 Å². The molecule has 7 nitrogen and oxygen atoms in total. The number of carboxylic acid groups (broad SMARTS) is 1. The molecule has 1 aliphatic rings. The summed E-state index contributed by atoms with van der Waals surface area (Å²) in [5.41, 5.74) is 0. The molecule has 27 heavy (non-hydrogen) atoms. The number of hydrogen-bond acceptors (Lipinski definition) is 4. The third-order valence-electron chi connectivity index (χ3n) is 4.75. The molecule has 1 aliphatic heterocycles. The van der Waals surface area contributed by atoms with Gasteiger partial charge in [0.1, 0.15) is 12.3 Å². The number of carbonyl (C=O) groups is 3. The molecule has 1 heterocycles. The molecule has 0 spiro atoms. The van der Waals surface area contributed by atoms with Crippen molar-refractivity contribution in [2.75, 3.05) is 26.2 Å². The highest BCUT2D eigenvalue weighted by molar-refractivity contribution is 5.80. The van der Waals surface area contributed by atoms with Crippen LogP contribution in [0.3, 0.4) is 0 Å². The molecule has 1 aromatic rings. The van der Waals surface area contributed by atoms with Gasteiger partial charge in [-0.05, 0) is 37.8 Å². The minimum atomic E-state index is -1.01. The molecular formula is C20H28N2O5. The van der Waals surface area contributed by atoms with E-state index in [1.807, 2.05) is 35.2 Å². The van der Waals surface area contributed by atoms with E-state index < -0.39 is 5.97 Å². The normalized spacial score (nSPS) is 17.1. The van der Waals surface area contributed by atoms with Crippen molar-refractivity contribution in [3.8, 4) is 5.75 Å². The minimum absolute atomic E-state index is 0.0833. The Hall–Kier alpha value is -2.57. The van der Waals surface area contributed by atoms with Crippen molar-refractivity contribution in [3.63, 3.8) is 0 Å². The van der Waals surface area contributed by atoms with E-state index in [2.05, 4.69) is 0 Å². The van der Waals surface area contributed by atoms with Crippen molar-refractivity contribution < 1.29 is 24.2 Å². The van der Waals surface area contributed by atoms with Crippen LogP contribution in [0.15, 0.2) is 30.3 Å². The van der Waals surface area contributed by atoms with Crippen LogP contribution in [-0.2, 0) is 14.4 Å². The highest BCUT2D eigenvalue weighted by Crippen LogP contribution is 2.18. The van der Waals surface area contributed by atoms with Crippen LogP contribution in [0.1, 0.15) is 39.0 Å². The number of rotatable bonds is 8. The van der Waals surface area contributed by atoms with Crippen LogP contribution in [0, 0.1) is 0 Å². The van der Waals surface area contributed by atoms with Crippen molar-refractivity contribution in [3.05, 3.63) is 30.3 Å². The van der Waals surface area contributed by atoms with E-state index >= 15 is 0 Å². The number of ether oxygens (including phenoxy) is 1. The number of aliphatic carboxylic acids is 1. The van der Waals surface area contributed by atoms with Crippen LogP contribution in [0.5, 0.6) is 5.75 Å². The van der Waals surface area contributed by atoms with Crippen LogP contribution in [0.4, 0.5) is 0 Å². The van der Waals surface area contributed by atoms with E-state index in [-0.39, 0.29) is 24.4 Å². The SMILES string of the molecule is CC(=O)N(CC(=O)O)[C@@H]1CCCN(C(=O)CCCOc2ccccc2)CC1. The summed E-state index contributed by atoms with van der Waals surface area (Å²) in [5.74, 6) is -0.369. The van der Waals surface area contributed by atoms with Gasteiger partial charge >= 0.3 is 5.97 Å². The lowest BCUT2D eigenvalue weighted by molar-refractivity contribution is -0.145. The van der Waals surface area contributed by atoms with Crippen LogP contribution < -0.4 is 4.74 Å². The van der Waals surface area contributed by atoms with Crippen LogP contribution in [0.2, 0.25) is 0 Å². The summed E-state index contributed by atoms with van der Waals surface area (Å²) >= 11 is 0. The fourth-order valence-electron chi connectivity index (χ4n) is 3.37. The van der Waals surface area contributed by atoms with Gasteiger partial charge in [0.15, 0.2) is 0 Å². The quantitative estimate of drug-likeness (QED) is 0.703. The Labute approximate surface area is 159 Å². The van der Waals surface area contributed by atoms with Crippen LogP contribution in [0.25, 0.3) is 0 Å². The average Bonchev–Trinajstić information content (AvgIpc) is 2.90. The maximum atomic E-state index is 12.4. The first kappa shape index (κ1) is 20.7. The van der Waals surface area contributed by atoms with E-state index in [0.717, 1.165) is 12.2 Å². The highest BCUT2D eigenvalue weighted by atomic mass is 16.5. The molecule has 0 aromatic heterocycles. The molecule has 1 atom stereocenters. The monoisotopic (exact) mass is 376 g/mol. The number of nitrogens with zero attached hydrogens (tertiary/aromatic N) is 2. The number of hydrogen-bond donors (Lipinski definition) is 1. The average molecular weight is 376 g/mol. The molecule has 0 aliphatic carbocycles. The van der Waals surface area contributed by atoms with Gasteiger partial charge in [-0.15, -0.1) is 0 Å². The first-order valence-electron chi connectivity index (χ1n) is 9.42. The summed E-state index contributed by atoms with van der Waals surface area (Å²) in [6.45, 7) is 2.79. The predicted octanol–water partition coefficient (Wildman–Crippen LogP) is 2.16. The Bertz CT molecular complexity index is 635. The third kappa shape index (κ3) is 6.92. The van der Waals surface area contributed by atoms with E-state index in [1.165, 1.54) is 11.8 Å². The number of likely N-dealkylation sites (tertiary alicyclic amines) is 1. The number of carboxylic acids is 1. The molecule has 2 amide bonds. The molecular weight excluding hydrogens is 348 g/mol. The largest absolute Gasteiger partial charge is 0.494 e. The molecule has 0 saturated carbocycles. The molecule has 148 valence electrons. The summed E-state index contributed by atoms with van der Waals surface area (Å²) < 4.78 is 5.61. The zero-order valence-corrected chi connectivity index (χ0v) is 15.8. The second kappa shape index (κ2) is 10.5. The topological polar surface area (TPSA) is 87.2 Å². The van der Waals surface area contributed by atoms with E-state index in [4.69, 9.17) is 9.84 Å². The van der Waals surface area contributed by atoms with Gasteiger partial charge in [0.25, 0.3) is 0 Å². The smallest absolute Gasteiger partial charge is 0.323 e. The minimum Gasteiger partial charge on any atom is -0.494 e. The second-order valence-electron chi connectivity index (χ2n) is 6.77. The molecule has 1 saturated heterocycles. The zero-order valence-electron chi connectivity index (χ0n) is 15.8. The lowest BCUT2D eigenvalue weighted by Crippen LogP contribution is -2.43. The van der Waals surface area contributed by atoms with E-state index in [1.54, 1.807) is 0 Å². The van der Waals surface area contributed by atoms with E-state index in [9.17, 15) is 14.4 Å². The summed E-state index contributed by atoms with van der Waals surface area (Å²) in [7, 11) is 0. The maximum Gasteiger partial charge on any atom is 0.323 e. The number of amides is 2. The Kier molecular flexibility index (Phi) is 8.10. The van der Waals surface area contributed by atoms with Gasteiger partial charge in [-0.25, -0.2) is 0 Å². The first-order valence-corrected chi connectivity index (χ1v) is 9.42. The molecule has 1 N–H and O–H groups in total. The Balaban J connectivity index is 1.76.